The van der Waals surface area contributed by atoms with E-state index in [0.717, 1.165) is 28.9 Å². The van der Waals surface area contributed by atoms with Gasteiger partial charge in [0.2, 0.25) is 0 Å². The molecule has 1 saturated heterocycles. The van der Waals surface area contributed by atoms with Crippen molar-refractivity contribution in [1.29, 1.82) is 0 Å². The van der Waals surface area contributed by atoms with Gasteiger partial charge < -0.3 is 19.3 Å². The molecule has 4 rings (SSSR count). The van der Waals surface area contributed by atoms with E-state index >= 15 is 0 Å². The zero-order valence-electron chi connectivity index (χ0n) is 24.2. The lowest BCUT2D eigenvalue weighted by Crippen LogP contribution is -2.29. The molecule has 1 unspecified atom stereocenters. The number of amides is 1. The van der Waals surface area contributed by atoms with E-state index in [9.17, 15) is 19.5 Å². The maximum atomic E-state index is 13.6. The van der Waals surface area contributed by atoms with Gasteiger partial charge in [0, 0.05) is 5.56 Å². The molecule has 3 aromatic rings. The molecule has 0 saturated carbocycles. The van der Waals surface area contributed by atoms with Crippen molar-refractivity contribution in [2.45, 2.75) is 47.1 Å². The van der Waals surface area contributed by atoms with Crippen molar-refractivity contribution in [2.75, 3.05) is 25.7 Å². The third kappa shape index (κ3) is 5.83. The topological polar surface area (TPSA) is 115 Å². The second-order valence-electron chi connectivity index (χ2n) is 10.3. The quantitative estimate of drug-likeness (QED) is 0.144. The number of anilines is 1. The van der Waals surface area contributed by atoms with Gasteiger partial charge in [-0.05, 0) is 62.4 Å². The van der Waals surface area contributed by atoms with E-state index in [1.54, 1.807) is 31.2 Å². The summed E-state index contributed by atoms with van der Waals surface area (Å²) in [6.07, 6.45) is 0.854. The summed E-state index contributed by atoms with van der Waals surface area (Å²) in [6.45, 7) is 10.0. The Morgan fingerprint density at radius 1 is 1.07 bits per heavy atom. The molecule has 2 heterocycles. The van der Waals surface area contributed by atoms with Crippen LogP contribution in [-0.4, -0.2) is 48.6 Å². The molecule has 1 aromatic heterocycles. The Morgan fingerprint density at radius 2 is 1.80 bits per heavy atom. The molecule has 1 N–H and O–H groups in total. The van der Waals surface area contributed by atoms with Crippen LogP contribution >= 0.6 is 11.3 Å². The number of aryl methyl sites for hydroxylation is 3. The Balaban J connectivity index is 1.92. The average Bonchev–Trinajstić information content (AvgIpc) is 3.45. The molecule has 1 fully saturated rings. The van der Waals surface area contributed by atoms with Gasteiger partial charge in [-0.15, -0.1) is 0 Å². The van der Waals surface area contributed by atoms with Crippen LogP contribution in [-0.2, 0) is 14.3 Å². The minimum atomic E-state index is -1.05. The lowest BCUT2D eigenvalue weighted by atomic mass is 9.93. The van der Waals surface area contributed by atoms with Crippen molar-refractivity contribution in [2.24, 2.45) is 5.92 Å². The third-order valence-electron chi connectivity index (χ3n) is 6.91. The first kappa shape index (κ1) is 29.8. The van der Waals surface area contributed by atoms with E-state index < -0.39 is 23.7 Å². The van der Waals surface area contributed by atoms with Crippen LogP contribution in [0.2, 0.25) is 0 Å². The van der Waals surface area contributed by atoms with Gasteiger partial charge in [0.15, 0.2) is 16.6 Å². The van der Waals surface area contributed by atoms with Crippen LogP contribution in [0.1, 0.15) is 63.9 Å². The van der Waals surface area contributed by atoms with Gasteiger partial charge in [-0.3, -0.25) is 14.5 Å². The molecule has 10 heteroatoms. The summed E-state index contributed by atoms with van der Waals surface area (Å²) >= 11 is 0.943. The first-order valence-corrected chi connectivity index (χ1v) is 14.0. The molecule has 41 heavy (non-hydrogen) atoms. The molecule has 1 aliphatic rings. The summed E-state index contributed by atoms with van der Waals surface area (Å²) < 4.78 is 16.4. The highest BCUT2D eigenvalue weighted by Crippen LogP contribution is 2.46. The van der Waals surface area contributed by atoms with Gasteiger partial charge >= 0.3 is 11.9 Å². The maximum absolute atomic E-state index is 13.6. The van der Waals surface area contributed by atoms with Crippen molar-refractivity contribution in [3.63, 3.8) is 0 Å². The molecule has 9 nitrogen and oxygen atoms in total. The monoisotopic (exact) mass is 578 g/mol. The highest BCUT2D eigenvalue weighted by Gasteiger charge is 2.48. The number of Topliss-reactive ketones (excluding diaryl/α,β-unsaturated/α-hetero) is 1. The Bertz CT molecular complexity index is 1540. The summed E-state index contributed by atoms with van der Waals surface area (Å²) in [6, 6.07) is 9.60. The molecule has 216 valence electrons. The number of methoxy groups -OCH3 is 2. The highest BCUT2D eigenvalue weighted by molar-refractivity contribution is 7.17. The van der Waals surface area contributed by atoms with Crippen LogP contribution in [0.15, 0.2) is 42.0 Å². The van der Waals surface area contributed by atoms with Gasteiger partial charge in [-0.1, -0.05) is 48.9 Å². The molecule has 0 bridgehead atoms. The Kier molecular flexibility index (Phi) is 8.82. The van der Waals surface area contributed by atoms with Gasteiger partial charge in [0.05, 0.1) is 38.1 Å². The number of thiazole rings is 1. The van der Waals surface area contributed by atoms with E-state index in [1.165, 1.54) is 19.1 Å². The van der Waals surface area contributed by atoms with Gasteiger partial charge in [0.1, 0.15) is 10.6 Å². The summed E-state index contributed by atoms with van der Waals surface area (Å²) in [5.74, 6) is -1.24. The number of benzene rings is 2. The number of ketones is 1. The predicted octanol–water partition coefficient (Wildman–Crippen LogP) is 5.91. The Labute approximate surface area is 243 Å². The number of aliphatic hydroxyl groups is 1. The number of aromatic nitrogens is 1. The fraction of sp³-hybridized carbons (Fsp3) is 0.355. The van der Waals surface area contributed by atoms with Crippen LogP contribution < -0.4 is 14.4 Å². The first-order valence-electron chi connectivity index (χ1n) is 13.2. The largest absolute Gasteiger partial charge is 0.507 e. The Morgan fingerprint density at radius 3 is 2.46 bits per heavy atom. The Hall–Kier alpha value is -4.18. The lowest BCUT2D eigenvalue weighted by molar-refractivity contribution is -0.132. The standard InChI is InChI=1S/C31H34N2O7S/c1-16(2)12-13-40-22-11-10-20(15-23(22)38-6)25-24(26(34)21-14-17(3)8-9-18(21)4)27(35)29(36)33(25)31-32-19(5)28(41-31)30(37)39-7/h8-11,14-16,25,34H,12-13H2,1-7H3/b26-24+. The van der Waals surface area contributed by atoms with Gasteiger partial charge in [-0.25, -0.2) is 9.78 Å². The molecule has 1 atom stereocenters. The average molecular weight is 579 g/mol. The number of esters is 1. The summed E-state index contributed by atoms with van der Waals surface area (Å²) in [7, 11) is 2.77. The van der Waals surface area contributed by atoms with Crippen molar-refractivity contribution in [3.8, 4) is 11.5 Å². The van der Waals surface area contributed by atoms with Crippen LogP contribution in [0, 0.1) is 26.7 Å². The minimum absolute atomic E-state index is 0.0910. The summed E-state index contributed by atoms with van der Waals surface area (Å²) in [4.78, 5) is 45.4. The number of nitrogens with zero attached hydrogens (tertiary/aromatic N) is 2. The second kappa shape index (κ2) is 12.1. The molecule has 0 radical (unpaired) electrons. The molecular formula is C31H34N2O7S. The maximum Gasteiger partial charge on any atom is 0.350 e. The number of hydrogen-bond donors (Lipinski definition) is 1. The third-order valence-corrected chi connectivity index (χ3v) is 8.05. The fourth-order valence-corrected chi connectivity index (χ4v) is 5.64. The van der Waals surface area contributed by atoms with E-state index in [-0.39, 0.29) is 21.3 Å². The molecule has 1 amide bonds. The SMILES string of the molecule is COC(=O)c1sc(N2C(=O)C(=O)/C(=C(/O)c3cc(C)ccc3C)C2c2ccc(OCCC(C)C)c(OC)c2)nc1C. The van der Waals surface area contributed by atoms with E-state index in [0.29, 0.717) is 40.8 Å². The number of ether oxygens (including phenoxy) is 3. The summed E-state index contributed by atoms with van der Waals surface area (Å²) in [5.41, 5.74) is 2.83. The number of rotatable bonds is 9. The molecule has 1 aliphatic heterocycles. The van der Waals surface area contributed by atoms with Crippen molar-refractivity contribution in [3.05, 3.63) is 74.8 Å². The van der Waals surface area contributed by atoms with Crippen LogP contribution in [0.3, 0.4) is 0 Å². The van der Waals surface area contributed by atoms with E-state index in [1.807, 2.05) is 26.0 Å². The van der Waals surface area contributed by atoms with E-state index in [4.69, 9.17) is 14.2 Å². The number of hydrogen-bond acceptors (Lipinski definition) is 9. The van der Waals surface area contributed by atoms with E-state index in [2.05, 4.69) is 18.8 Å². The zero-order valence-corrected chi connectivity index (χ0v) is 25.0. The fourth-order valence-electron chi connectivity index (χ4n) is 4.63. The zero-order chi connectivity index (χ0) is 30.0. The smallest absolute Gasteiger partial charge is 0.350 e. The van der Waals surface area contributed by atoms with Crippen LogP contribution in [0.4, 0.5) is 5.13 Å². The number of carbonyl (C=O) groups is 3. The first-order chi connectivity index (χ1) is 19.5. The summed E-state index contributed by atoms with van der Waals surface area (Å²) in [5, 5.41) is 11.7. The van der Waals surface area contributed by atoms with Crippen LogP contribution in [0.25, 0.3) is 5.76 Å². The van der Waals surface area contributed by atoms with Crippen LogP contribution in [0.5, 0.6) is 11.5 Å². The number of carbonyl (C=O) groups excluding carboxylic acids is 3. The lowest BCUT2D eigenvalue weighted by Gasteiger charge is -2.24. The minimum Gasteiger partial charge on any atom is -0.507 e. The van der Waals surface area contributed by atoms with Gasteiger partial charge in [-0.2, -0.15) is 0 Å². The predicted molar refractivity (Wildman–Crippen MR) is 157 cm³/mol. The van der Waals surface area contributed by atoms with Gasteiger partial charge in [0.25, 0.3) is 5.78 Å². The number of aliphatic hydroxyl groups excluding tert-OH is 1. The second-order valence-corrected chi connectivity index (χ2v) is 11.3. The van der Waals surface area contributed by atoms with Crippen molar-refractivity contribution >= 4 is 39.9 Å². The molecule has 0 aliphatic carbocycles. The normalized spacial score (nSPS) is 16.4. The van der Waals surface area contributed by atoms with Crippen molar-refractivity contribution < 1.29 is 33.7 Å². The highest BCUT2D eigenvalue weighted by atomic mass is 32.1. The molecule has 0 spiro atoms. The molecule has 2 aromatic carbocycles. The van der Waals surface area contributed by atoms with Crippen molar-refractivity contribution in [1.82, 2.24) is 4.98 Å². The molecular weight excluding hydrogens is 544 g/mol.